The van der Waals surface area contributed by atoms with Crippen LogP contribution in [0.1, 0.15) is 15.9 Å². The quantitative estimate of drug-likeness (QED) is 0.779. The summed E-state index contributed by atoms with van der Waals surface area (Å²) in [6, 6.07) is 3.06. The summed E-state index contributed by atoms with van der Waals surface area (Å²) in [5, 5.41) is 0. The van der Waals surface area contributed by atoms with Crippen LogP contribution in [0.3, 0.4) is 0 Å². The lowest BCUT2D eigenvalue weighted by Gasteiger charge is -2.09. The molecule has 1 aromatic rings. The van der Waals surface area contributed by atoms with Gasteiger partial charge in [0.25, 0.3) is 0 Å². The molecule has 0 bridgehead atoms. The number of fused-ring (bicyclic) bond motifs is 1. The Bertz CT molecular complexity index is 449. The van der Waals surface area contributed by atoms with Gasteiger partial charge in [0.05, 0.1) is 12.7 Å². The SMILES string of the molecule is COC(=O)c1ccc2c(c1CSC)OC(F)O2. The van der Waals surface area contributed by atoms with Gasteiger partial charge in [-0.3, -0.25) is 0 Å². The van der Waals surface area contributed by atoms with E-state index in [-0.39, 0.29) is 5.75 Å². The predicted octanol–water partition coefficient (Wildman–Crippen LogP) is 2.36. The molecule has 2 rings (SSSR count). The van der Waals surface area contributed by atoms with E-state index < -0.39 is 12.5 Å². The lowest BCUT2D eigenvalue weighted by atomic mass is 10.1. The molecule has 17 heavy (non-hydrogen) atoms. The van der Waals surface area contributed by atoms with E-state index in [9.17, 15) is 9.18 Å². The fourth-order valence-electron chi connectivity index (χ4n) is 1.63. The molecule has 6 heteroatoms. The smallest absolute Gasteiger partial charge is 0.397 e. The Balaban J connectivity index is 2.48. The first-order valence-corrected chi connectivity index (χ1v) is 6.27. The number of hydrogen-bond donors (Lipinski definition) is 0. The van der Waals surface area contributed by atoms with E-state index >= 15 is 0 Å². The molecule has 1 atom stereocenters. The average molecular weight is 258 g/mol. The van der Waals surface area contributed by atoms with Crippen molar-refractivity contribution in [2.45, 2.75) is 12.3 Å². The zero-order chi connectivity index (χ0) is 12.4. The number of carbonyl (C=O) groups excluding carboxylic acids is 1. The Morgan fingerprint density at radius 3 is 2.94 bits per heavy atom. The molecule has 92 valence electrons. The second-order valence-corrected chi connectivity index (χ2v) is 4.22. The van der Waals surface area contributed by atoms with E-state index in [0.29, 0.717) is 22.6 Å². The zero-order valence-corrected chi connectivity index (χ0v) is 10.2. The molecule has 0 saturated heterocycles. The van der Waals surface area contributed by atoms with Crippen LogP contribution in [0.2, 0.25) is 0 Å². The van der Waals surface area contributed by atoms with Gasteiger partial charge in [-0.2, -0.15) is 16.2 Å². The molecule has 0 amide bonds. The maximum absolute atomic E-state index is 13.0. The number of thioether (sulfide) groups is 1. The van der Waals surface area contributed by atoms with Gasteiger partial charge in [-0.15, -0.1) is 0 Å². The van der Waals surface area contributed by atoms with E-state index in [0.717, 1.165) is 0 Å². The first-order valence-electron chi connectivity index (χ1n) is 4.88. The molecule has 1 aliphatic heterocycles. The van der Waals surface area contributed by atoms with Crippen molar-refractivity contribution in [1.82, 2.24) is 0 Å². The second kappa shape index (κ2) is 4.83. The zero-order valence-electron chi connectivity index (χ0n) is 9.36. The normalized spacial score (nSPS) is 17.0. The Hall–Kier alpha value is -1.43. The highest BCUT2D eigenvalue weighted by Gasteiger charge is 2.29. The summed E-state index contributed by atoms with van der Waals surface area (Å²) in [6.07, 6.45) is 1.88. The first-order chi connectivity index (χ1) is 8.17. The maximum atomic E-state index is 13.0. The summed E-state index contributed by atoms with van der Waals surface area (Å²) in [6.45, 7) is -1.81. The lowest BCUT2D eigenvalue weighted by Crippen LogP contribution is -2.10. The molecule has 0 aliphatic carbocycles. The highest BCUT2D eigenvalue weighted by molar-refractivity contribution is 7.97. The fourth-order valence-corrected chi connectivity index (χ4v) is 2.21. The highest BCUT2D eigenvalue weighted by Crippen LogP contribution is 2.41. The van der Waals surface area contributed by atoms with E-state index in [2.05, 4.69) is 4.74 Å². The van der Waals surface area contributed by atoms with Crippen molar-refractivity contribution in [2.24, 2.45) is 0 Å². The number of benzene rings is 1. The van der Waals surface area contributed by atoms with E-state index in [1.807, 2.05) is 6.26 Å². The topological polar surface area (TPSA) is 44.8 Å². The first kappa shape index (κ1) is 12.0. The Kier molecular flexibility index (Phi) is 3.42. The third-order valence-corrected chi connectivity index (χ3v) is 2.93. The Labute approximate surface area is 102 Å². The van der Waals surface area contributed by atoms with E-state index in [1.54, 1.807) is 6.07 Å². The van der Waals surface area contributed by atoms with Crippen molar-refractivity contribution < 1.29 is 23.4 Å². The number of carbonyl (C=O) groups is 1. The van der Waals surface area contributed by atoms with Crippen LogP contribution in [-0.2, 0) is 10.5 Å². The molecule has 0 spiro atoms. The average Bonchev–Trinajstić information content (AvgIpc) is 2.69. The van der Waals surface area contributed by atoms with Crippen LogP contribution in [0, 0.1) is 0 Å². The monoisotopic (exact) mass is 258 g/mol. The van der Waals surface area contributed by atoms with Crippen LogP contribution < -0.4 is 9.47 Å². The molecular formula is C11H11FO4S. The van der Waals surface area contributed by atoms with Gasteiger partial charge in [0.2, 0.25) is 0 Å². The van der Waals surface area contributed by atoms with Gasteiger partial charge in [-0.25, -0.2) is 4.79 Å². The molecule has 1 aliphatic rings. The fraction of sp³-hybridized carbons (Fsp3) is 0.364. The third-order valence-electron chi connectivity index (χ3n) is 2.35. The number of esters is 1. The molecule has 0 N–H and O–H groups in total. The summed E-state index contributed by atoms with van der Waals surface area (Å²) in [5.74, 6) is 0.649. The Morgan fingerprint density at radius 2 is 2.29 bits per heavy atom. The summed E-state index contributed by atoms with van der Waals surface area (Å²) in [7, 11) is 1.30. The van der Waals surface area contributed by atoms with Gasteiger partial charge in [0, 0.05) is 11.3 Å². The van der Waals surface area contributed by atoms with Gasteiger partial charge in [-0.05, 0) is 18.4 Å². The number of methoxy groups -OCH3 is 1. The van der Waals surface area contributed by atoms with E-state index in [1.165, 1.54) is 24.9 Å². The largest absolute Gasteiger partial charge is 0.465 e. The number of alkyl halides is 1. The summed E-state index contributed by atoms with van der Waals surface area (Å²) >= 11 is 1.50. The third kappa shape index (κ3) is 2.17. The van der Waals surface area contributed by atoms with Crippen molar-refractivity contribution in [2.75, 3.05) is 13.4 Å². The summed E-state index contributed by atoms with van der Waals surface area (Å²) in [4.78, 5) is 11.6. The molecule has 4 nitrogen and oxygen atoms in total. The molecule has 0 fully saturated rings. The molecule has 1 heterocycles. The van der Waals surface area contributed by atoms with Crippen molar-refractivity contribution in [3.05, 3.63) is 23.3 Å². The highest BCUT2D eigenvalue weighted by atomic mass is 32.2. The van der Waals surface area contributed by atoms with Crippen LogP contribution in [0.25, 0.3) is 0 Å². The minimum Gasteiger partial charge on any atom is -0.465 e. The number of ether oxygens (including phenoxy) is 3. The standard InChI is InChI=1S/C11H11FO4S/c1-14-10(13)6-3-4-8-9(7(6)5-17-2)16-11(12)15-8/h3-4,11H,5H2,1-2H3. The van der Waals surface area contributed by atoms with E-state index in [4.69, 9.17) is 9.47 Å². The number of halogens is 1. The van der Waals surface area contributed by atoms with Crippen LogP contribution in [0.4, 0.5) is 4.39 Å². The van der Waals surface area contributed by atoms with Crippen LogP contribution in [0.5, 0.6) is 11.5 Å². The second-order valence-electron chi connectivity index (χ2n) is 3.35. The van der Waals surface area contributed by atoms with Gasteiger partial charge in [0.15, 0.2) is 11.5 Å². The van der Waals surface area contributed by atoms with Crippen molar-refractivity contribution >= 4 is 17.7 Å². The molecule has 1 aromatic carbocycles. The molecule has 0 aromatic heterocycles. The molecule has 1 unspecified atom stereocenters. The van der Waals surface area contributed by atoms with Crippen molar-refractivity contribution in [1.29, 1.82) is 0 Å². The Morgan fingerprint density at radius 1 is 1.53 bits per heavy atom. The van der Waals surface area contributed by atoms with Crippen molar-refractivity contribution in [3.63, 3.8) is 0 Å². The summed E-state index contributed by atoms with van der Waals surface area (Å²) in [5.41, 5.74) is 0.973. The van der Waals surface area contributed by atoms with Crippen LogP contribution in [0.15, 0.2) is 12.1 Å². The number of hydrogen-bond acceptors (Lipinski definition) is 5. The van der Waals surface area contributed by atoms with Crippen molar-refractivity contribution in [3.8, 4) is 11.5 Å². The van der Waals surface area contributed by atoms with Gasteiger partial charge in [0.1, 0.15) is 0 Å². The minimum atomic E-state index is -1.81. The maximum Gasteiger partial charge on any atom is 0.397 e. The summed E-state index contributed by atoms with van der Waals surface area (Å²) < 4.78 is 27.4. The molecule has 0 saturated carbocycles. The molecule has 0 radical (unpaired) electrons. The van der Waals surface area contributed by atoms with Crippen LogP contribution in [-0.4, -0.2) is 25.9 Å². The predicted molar refractivity (Wildman–Crippen MR) is 61.2 cm³/mol. The lowest BCUT2D eigenvalue weighted by molar-refractivity contribution is -0.0654. The van der Waals surface area contributed by atoms with Gasteiger partial charge < -0.3 is 14.2 Å². The van der Waals surface area contributed by atoms with Gasteiger partial charge >= 0.3 is 12.5 Å². The van der Waals surface area contributed by atoms with Crippen LogP contribution >= 0.6 is 11.8 Å². The molecular weight excluding hydrogens is 247 g/mol. The minimum absolute atomic E-state index is 0.287. The number of rotatable bonds is 3. The van der Waals surface area contributed by atoms with Gasteiger partial charge in [-0.1, -0.05) is 0 Å².